The van der Waals surface area contributed by atoms with Crippen LogP contribution in [0.15, 0.2) is 18.2 Å². The first-order valence-electron chi connectivity index (χ1n) is 4.75. The van der Waals surface area contributed by atoms with Gasteiger partial charge >= 0.3 is 0 Å². The molecule has 0 atom stereocenters. The van der Waals surface area contributed by atoms with Gasteiger partial charge in [0.1, 0.15) is 0 Å². The van der Waals surface area contributed by atoms with Gasteiger partial charge in [-0.1, -0.05) is 11.6 Å². The molecule has 0 saturated heterocycles. The van der Waals surface area contributed by atoms with Gasteiger partial charge in [0.15, 0.2) is 0 Å². The predicted molar refractivity (Wildman–Crippen MR) is 62.2 cm³/mol. The van der Waals surface area contributed by atoms with E-state index in [4.69, 9.17) is 11.6 Å². The van der Waals surface area contributed by atoms with E-state index in [9.17, 15) is 0 Å². The molecular formula is C11H10ClNS. The average molecular weight is 224 g/mol. The second kappa shape index (κ2) is 3.23. The molecule has 1 aromatic heterocycles. The molecule has 1 aliphatic heterocycles. The number of hydrogen-bond acceptors (Lipinski definition) is 2. The van der Waals surface area contributed by atoms with Crippen LogP contribution in [0.1, 0.15) is 10.4 Å². The maximum absolute atomic E-state index is 6.00. The lowest BCUT2D eigenvalue weighted by Gasteiger charge is -2.12. The highest BCUT2D eigenvalue weighted by molar-refractivity contribution is 7.19. The Bertz CT molecular complexity index is 489. The third-order valence-electron chi connectivity index (χ3n) is 2.67. The number of hydrogen-bond donors (Lipinski definition) is 1. The van der Waals surface area contributed by atoms with Crippen molar-refractivity contribution in [1.82, 2.24) is 5.32 Å². The van der Waals surface area contributed by atoms with E-state index in [0.717, 1.165) is 24.5 Å². The number of rotatable bonds is 0. The van der Waals surface area contributed by atoms with Gasteiger partial charge in [0.05, 0.1) is 0 Å². The number of nitrogens with one attached hydrogen (secondary N) is 1. The predicted octanol–water partition coefficient (Wildman–Crippen LogP) is 3.20. The molecule has 0 amide bonds. The van der Waals surface area contributed by atoms with Gasteiger partial charge < -0.3 is 5.32 Å². The normalized spacial score (nSPS) is 15.8. The van der Waals surface area contributed by atoms with Crippen molar-refractivity contribution in [2.24, 2.45) is 0 Å². The minimum Gasteiger partial charge on any atom is -0.312 e. The smallest absolute Gasteiger partial charge is 0.0413 e. The van der Waals surface area contributed by atoms with Gasteiger partial charge in [-0.2, -0.15) is 0 Å². The summed E-state index contributed by atoms with van der Waals surface area (Å²) in [4.78, 5) is 1.53. The van der Waals surface area contributed by atoms with E-state index in [1.165, 1.54) is 20.5 Å². The van der Waals surface area contributed by atoms with Crippen molar-refractivity contribution in [3.63, 3.8) is 0 Å². The van der Waals surface area contributed by atoms with Crippen LogP contribution in [0.4, 0.5) is 0 Å². The van der Waals surface area contributed by atoms with Crippen LogP contribution in [0.3, 0.4) is 0 Å². The molecule has 0 bridgehead atoms. The molecule has 1 aliphatic rings. The molecule has 2 heterocycles. The second-order valence-electron chi connectivity index (χ2n) is 3.57. The summed E-state index contributed by atoms with van der Waals surface area (Å²) in [5.74, 6) is 0. The minimum absolute atomic E-state index is 0.837. The fourth-order valence-electron chi connectivity index (χ4n) is 1.98. The van der Waals surface area contributed by atoms with Crippen molar-refractivity contribution >= 4 is 33.0 Å². The zero-order chi connectivity index (χ0) is 9.54. The number of benzene rings is 1. The van der Waals surface area contributed by atoms with Crippen LogP contribution in [-0.2, 0) is 13.0 Å². The van der Waals surface area contributed by atoms with E-state index < -0.39 is 0 Å². The molecule has 14 heavy (non-hydrogen) atoms. The van der Waals surface area contributed by atoms with Crippen LogP contribution in [-0.4, -0.2) is 6.54 Å². The zero-order valence-electron chi connectivity index (χ0n) is 7.64. The van der Waals surface area contributed by atoms with Gasteiger partial charge in [0.25, 0.3) is 0 Å². The second-order valence-corrected chi connectivity index (χ2v) is 5.14. The van der Waals surface area contributed by atoms with E-state index in [0.29, 0.717) is 0 Å². The van der Waals surface area contributed by atoms with Gasteiger partial charge in [0.2, 0.25) is 0 Å². The Morgan fingerprint density at radius 3 is 3.21 bits per heavy atom. The molecule has 0 saturated carbocycles. The first kappa shape index (κ1) is 8.72. The summed E-state index contributed by atoms with van der Waals surface area (Å²) in [7, 11) is 0. The Balaban J connectivity index is 2.32. The summed E-state index contributed by atoms with van der Waals surface area (Å²) in [5.41, 5.74) is 1.46. The number of fused-ring (bicyclic) bond motifs is 3. The topological polar surface area (TPSA) is 12.0 Å². The number of thiophene rings is 1. The molecule has 1 N–H and O–H groups in total. The lowest BCUT2D eigenvalue weighted by Crippen LogP contribution is -2.21. The van der Waals surface area contributed by atoms with Crippen LogP contribution in [0.5, 0.6) is 0 Å². The van der Waals surface area contributed by atoms with E-state index in [1.54, 1.807) is 0 Å². The number of halogens is 1. The monoisotopic (exact) mass is 223 g/mol. The summed E-state index contributed by atoms with van der Waals surface area (Å²) in [6, 6.07) is 6.18. The molecule has 0 fully saturated rings. The Morgan fingerprint density at radius 1 is 1.36 bits per heavy atom. The molecule has 0 spiro atoms. The van der Waals surface area contributed by atoms with Crippen LogP contribution < -0.4 is 5.32 Å². The SMILES string of the molecule is Clc1ccc2sc3c(c2c1)CNCC3. The van der Waals surface area contributed by atoms with Crippen molar-refractivity contribution < 1.29 is 0 Å². The Hall–Kier alpha value is -0.570. The summed E-state index contributed by atoms with van der Waals surface area (Å²) in [6.45, 7) is 2.10. The molecule has 3 rings (SSSR count). The molecule has 0 aliphatic carbocycles. The van der Waals surface area contributed by atoms with Crippen LogP contribution in [0, 0.1) is 0 Å². The highest BCUT2D eigenvalue weighted by Gasteiger charge is 2.15. The van der Waals surface area contributed by atoms with Crippen molar-refractivity contribution in [3.8, 4) is 0 Å². The molecule has 72 valence electrons. The Kier molecular flexibility index (Phi) is 2.01. The van der Waals surface area contributed by atoms with Crippen LogP contribution >= 0.6 is 22.9 Å². The van der Waals surface area contributed by atoms with Crippen molar-refractivity contribution in [1.29, 1.82) is 0 Å². The minimum atomic E-state index is 0.837. The standard InChI is InChI=1S/C11H10ClNS/c12-7-1-2-10-8(5-7)9-6-13-4-3-11(9)14-10/h1-2,5,13H,3-4,6H2. The quantitative estimate of drug-likeness (QED) is 0.723. The molecular weight excluding hydrogens is 214 g/mol. The fraction of sp³-hybridized carbons (Fsp3) is 0.273. The fourth-order valence-corrected chi connectivity index (χ4v) is 3.36. The van der Waals surface area contributed by atoms with Gasteiger partial charge in [-0.15, -0.1) is 11.3 Å². The molecule has 1 aromatic carbocycles. The first-order chi connectivity index (χ1) is 6.84. The maximum atomic E-state index is 6.00. The van der Waals surface area contributed by atoms with Gasteiger partial charge in [0, 0.05) is 27.7 Å². The summed E-state index contributed by atoms with van der Waals surface area (Å²) >= 11 is 7.91. The third-order valence-corrected chi connectivity index (χ3v) is 4.18. The molecule has 0 radical (unpaired) electrons. The summed E-state index contributed by atoms with van der Waals surface area (Å²) in [6.07, 6.45) is 1.16. The molecule has 1 nitrogen and oxygen atoms in total. The van der Waals surface area contributed by atoms with Crippen molar-refractivity contribution in [2.45, 2.75) is 13.0 Å². The zero-order valence-corrected chi connectivity index (χ0v) is 9.21. The third kappa shape index (κ3) is 1.26. The van der Waals surface area contributed by atoms with Gasteiger partial charge in [-0.3, -0.25) is 0 Å². The largest absolute Gasteiger partial charge is 0.312 e. The van der Waals surface area contributed by atoms with Crippen LogP contribution in [0.25, 0.3) is 10.1 Å². The lowest BCUT2D eigenvalue weighted by molar-refractivity contribution is 0.656. The van der Waals surface area contributed by atoms with E-state index in [2.05, 4.69) is 17.4 Å². The highest BCUT2D eigenvalue weighted by Crippen LogP contribution is 2.34. The lowest BCUT2D eigenvalue weighted by atomic mass is 10.1. The first-order valence-corrected chi connectivity index (χ1v) is 5.94. The van der Waals surface area contributed by atoms with E-state index >= 15 is 0 Å². The Labute approximate surface area is 91.7 Å². The molecule has 2 aromatic rings. The highest BCUT2D eigenvalue weighted by atomic mass is 35.5. The molecule has 3 heteroatoms. The summed E-state index contributed by atoms with van der Waals surface area (Å²) in [5, 5.41) is 5.58. The van der Waals surface area contributed by atoms with Crippen molar-refractivity contribution in [3.05, 3.63) is 33.7 Å². The Morgan fingerprint density at radius 2 is 2.29 bits per heavy atom. The average Bonchev–Trinajstić information content (AvgIpc) is 2.56. The van der Waals surface area contributed by atoms with Gasteiger partial charge in [-0.25, -0.2) is 0 Å². The summed E-state index contributed by atoms with van der Waals surface area (Å²) < 4.78 is 1.36. The van der Waals surface area contributed by atoms with Gasteiger partial charge in [-0.05, 0) is 35.6 Å². The molecule has 0 unspecified atom stereocenters. The van der Waals surface area contributed by atoms with E-state index in [-0.39, 0.29) is 0 Å². The van der Waals surface area contributed by atoms with E-state index in [1.807, 2.05) is 17.4 Å². The maximum Gasteiger partial charge on any atom is 0.0413 e. The van der Waals surface area contributed by atoms with Crippen LogP contribution in [0.2, 0.25) is 5.02 Å². The van der Waals surface area contributed by atoms with Crippen molar-refractivity contribution in [2.75, 3.05) is 6.54 Å².